The van der Waals surface area contributed by atoms with E-state index in [0.717, 1.165) is 18.2 Å². The summed E-state index contributed by atoms with van der Waals surface area (Å²) in [6.45, 7) is 0.448. The van der Waals surface area contributed by atoms with Gasteiger partial charge in [-0.1, -0.05) is 72.8 Å². The maximum absolute atomic E-state index is 14.0. The fraction of sp³-hybridized carbons (Fsp3) is 0.267. The first-order chi connectivity index (χ1) is 18.4. The Morgan fingerprint density at radius 3 is 2.03 bits per heavy atom. The molecule has 3 aromatic rings. The first-order valence-electron chi connectivity index (χ1n) is 12.7. The third-order valence-corrected chi connectivity index (χ3v) is 6.76. The summed E-state index contributed by atoms with van der Waals surface area (Å²) < 4.78 is 4.25. The van der Waals surface area contributed by atoms with Crippen molar-refractivity contribution in [3.63, 3.8) is 0 Å². The topological polar surface area (TPSA) is 92.8 Å². The number of rotatable bonds is 6. The lowest BCUT2D eigenvalue weighted by molar-refractivity contribution is -0.151. The first kappa shape index (κ1) is 26.8. The van der Waals surface area contributed by atoms with E-state index >= 15 is 0 Å². The van der Waals surface area contributed by atoms with Crippen molar-refractivity contribution in [1.82, 2.24) is 10.0 Å². The van der Waals surface area contributed by atoms with E-state index in [0.29, 0.717) is 30.6 Å². The molecule has 8 heteroatoms. The molecule has 196 valence electrons. The normalized spacial score (nSPS) is 16.6. The number of esters is 1. The van der Waals surface area contributed by atoms with Crippen LogP contribution in [0.25, 0.3) is 0 Å². The molecular formula is C30H32N3O5+. The van der Waals surface area contributed by atoms with Crippen LogP contribution in [-0.2, 0) is 36.8 Å². The van der Waals surface area contributed by atoms with Crippen molar-refractivity contribution in [2.45, 2.75) is 32.1 Å². The van der Waals surface area contributed by atoms with Gasteiger partial charge in [0.15, 0.2) is 5.69 Å². The van der Waals surface area contributed by atoms with Gasteiger partial charge >= 0.3 is 17.8 Å². The number of carbonyl (C=O) groups excluding carboxylic acids is 4. The number of nitrogens with zero attached hydrogens (tertiary/aromatic N) is 2. The van der Waals surface area contributed by atoms with Gasteiger partial charge in [0.1, 0.15) is 12.2 Å². The van der Waals surface area contributed by atoms with Gasteiger partial charge in [0, 0.05) is 25.5 Å². The summed E-state index contributed by atoms with van der Waals surface area (Å²) in [5.74, 6) is -2.26. The minimum atomic E-state index is -0.984. The minimum absolute atomic E-state index is 0.183. The van der Waals surface area contributed by atoms with Crippen molar-refractivity contribution in [2.75, 3.05) is 25.1 Å². The molecule has 1 heterocycles. The number of hydrogen-bond acceptors (Lipinski definition) is 5. The molecule has 0 saturated heterocycles. The summed E-state index contributed by atoms with van der Waals surface area (Å²) >= 11 is 0. The van der Waals surface area contributed by atoms with Crippen LogP contribution in [0.5, 0.6) is 0 Å². The van der Waals surface area contributed by atoms with Crippen LogP contribution < -0.4 is 14.9 Å². The highest BCUT2D eigenvalue weighted by Crippen LogP contribution is 2.37. The standard InChI is InChI=1S/C30H31N3O5/c1-38-30(37)29(36)32-21-10-22-33(26-16-9-8-15-25(26)32,28(35)20-18-24-13-6-3-7-14-24)31-27(34)19-17-23-11-4-2-5-12-23/h2-9,11-16H,10,17-22H2,1H3/p+1/t33-/m0/s1. The molecule has 3 aromatic carbocycles. The molecule has 0 unspecified atom stereocenters. The average molecular weight is 515 g/mol. The van der Waals surface area contributed by atoms with Gasteiger partial charge in [0.05, 0.1) is 13.5 Å². The Balaban J connectivity index is 1.68. The minimum Gasteiger partial charge on any atom is -0.462 e. The van der Waals surface area contributed by atoms with E-state index in [-0.39, 0.29) is 37.7 Å². The number of fused-ring (bicyclic) bond motifs is 1. The molecule has 0 aromatic heterocycles. The number of aryl methyl sites for hydroxylation is 2. The van der Waals surface area contributed by atoms with Gasteiger partial charge in [0.25, 0.3) is 5.91 Å². The third-order valence-electron chi connectivity index (χ3n) is 6.76. The summed E-state index contributed by atoms with van der Waals surface area (Å²) in [4.78, 5) is 53.7. The highest BCUT2D eigenvalue weighted by Gasteiger charge is 2.46. The van der Waals surface area contributed by atoms with Crippen LogP contribution in [0.1, 0.15) is 30.4 Å². The molecular weight excluding hydrogens is 482 g/mol. The molecule has 0 radical (unpaired) electrons. The van der Waals surface area contributed by atoms with E-state index < -0.39 is 16.5 Å². The quantitative estimate of drug-likeness (QED) is 0.308. The number of hydrogen-bond donors (Lipinski definition) is 1. The van der Waals surface area contributed by atoms with E-state index in [2.05, 4.69) is 10.2 Å². The van der Waals surface area contributed by atoms with Crippen molar-refractivity contribution in [2.24, 2.45) is 0 Å². The molecule has 0 bridgehead atoms. The van der Waals surface area contributed by atoms with Gasteiger partial charge in [-0.15, -0.1) is 4.59 Å². The van der Waals surface area contributed by atoms with Gasteiger partial charge in [0.2, 0.25) is 0 Å². The van der Waals surface area contributed by atoms with Crippen LogP contribution in [0.4, 0.5) is 11.4 Å². The maximum atomic E-state index is 14.0. The van der Waals surface area contributed by atoms with Crippen molar-refractivity contribution in [1.29, 1.82) is 0 Å². The molecule has 0 saturated carbocycles. The molecule has 4 rings (SSSR count). The molecule has 1 aliphatic heterocycles. The zero-order chi connectivity index (χ0) is 27.0. The van der Waals surface area contributed by atoms with Gasteiger partial charge in [-0.3, -0.25) is 14.5 Å². The van der Waals surface area contributed by atoms with Crippen LogP contribution in [0.2, 0.25) is 0 Å². The molecule has 0 fully saturated rings. The molecule has 1 atom stereocenters. The Bertz CT molecular complexity index is 1300. The number of ether oxygens (including phenoxy) is 1. The van der Waals surface area contributed by atoms with Crippen LogP contribution in [0.15, 0.2) is 84.9 Å². The van der Waals surface area contributed by atoms with Gasteiger partial charge in [-0.05, 0) is 30.0 Å². The molecule has 1 aliphatic rings. The Morgan fingerprint density at radius 1 is 0.816 bits per heavy atom. The van der Waals surface area contributed by atoms with Crippen molar-refractivity contribution >= 4 is 35.1 Å². The maximum Gasteiger partial charge on any atom is 0.397 e. The van der Waals surface area contributed by atoms with Gasteiger partial charge < -0.3 is 4.74 Å². The summed E-state index contributed by atoms with van der Waals surface area (Å²) in [7, 11) is 1.16. The van der Waals surface area contributed by atoms with E-state index in [9.17, 15) is 19.2 Å². The van der Waals surface area contributed by atoms with Crippen LogP contribution in [0, 0.1) is 0 Å². The Labute approximate surface area is 222 Å². The number of methoxy groups -OCH3 is 1. The van der Waals surface area contributed by atoms with Crippen LogP contribution in [0.3, 0.4) is 0 Å². The SMILES string of the molecule is COC(=O)C(=O)N1CCC[N@@+](NC(=O)CCc2ccccc2)(C(=O)CCc2ccccc2)c2ccccc21. The third kappa shape index (κ3) is 5.98. The molecule has 0 aliphatic carbocycles. The predicted molar refractivity (Wildman–Crippen MR) is 145 cm³/mol. The zero-order valence-corrected chi connectivity index (χ0v) is 21.5. The van der Waals surface area contributed by atoms with Gasteiger partial charge in [-0.2, -0.15) is 5.43 Å². The van der Waals surface area contributed by atoms with E-state index in [1.54, 1.807) is 24.3 Å². The number of anilines is 1. The van der Waals surface area contributed by atoms with Crippen LogP contribution >= 0.6 is 0 Å². The summed E-state index contributed by atoms with van der Waals surface area (Å²) in [6.07, 6.45) is 1.80. The van der Waals surface area contributed by atoms with Crippen LogP contribution in [-0.4, -0.2) is 43.9 Å². The molecule has 0 spiro atoms. The second kappa shape index (κ2) is 12.3. The molecule has 3 amide bonds. The lowest BCUT2D eigenvalue weighted by atomic mass is 10.1. The zero-order valence-electron chi connectivity index (χ0n) is 21.5. The number of benzene rings is 3. The van der Waals surface area contributed by atoms with Crippen molar-refractivity contribution < 1.29 is 23.9 Å². The van der Waals surface area contributed by atoms with Crippen molar-refractivity contribution in [3.05, 3.63) is 96.1 Å². The number of nitrogens with one attached hydrogen (secondary N) is 1. The Morgan fingerprint density at radius 2 is 1.39 bits per heavy atom. The predicted octanol–water partition coefficient (Wildman–Crippen LogP) is 3.73. The number of quaternary nitrogens is 1. The van der Waals surface area contributed by atoms with Crippen molar-refractivity contribution in [3.8, 4) is 0 Å². The summed E-state index contributed by atoms with van der Waals surface area (Å²) in [5, 5.41) is 0. The number of carbonyl (C=O) groups is 4. The number of amides is 3. The molecule has 38 heavy (non-hydrogen) atoms. The fourth-order valence-corrected chi connectivity index (χ4v) is 4.83. The van der Waals surface area contributed by atoms with E-state index in [4.69, 9.17) is 0 Å². The average Bonchev–Trinajstić information content (AvgIpc) is 3.13. The van der Waals surface area contributed by atoms with E-state index in [1.165, 1.54) is 4.90 Å². The molecule has 1 N–H and O–H groups in total. The first-order valence-corrected chi connectivity index (χ1v) is 12.7. The monoisotopic (exact) mass is 514 g/mol. The highest BCUT2D eigenvalue weighted by atomic mass is 16.5. The summed E-state index contributed by atoms with van der Waals surface area (Å²) in [5.41, 5.74) is 5.92. The lowest BCUT2D eigenvalue weighted by Gasteiger charge is -2.34. The number of para-hydroxylation sites is 2. The van der Waals surface area contributed by atoms with E-state index in [1.807, 2.05) is 60.7 Å². The second-order valence-electron chi connectivity index (χ2n) is 9.22. The smallest absolute Gasteiger partial charge is 0.397 e. The second-order valence-corrected chi connectivity index (χ2v) is 9.22. The fourth-order valence-electron chi connectivity index (χ4n) is 4.83. The largest absolute Gasteiger partial charge is 0.462 e. The summed E-state index contributed by atoms with van der Waals surface area (Å²) in [6, 6.07) is 26.3. The van der Waals surface area contributed by atoms with Gasteiger partial charge in [-0.25, -0.2) is 9.59 Å². The Hall–Kier alpha value is -4.30. The molecule has 8 nitrogen and oxygen atoms in total. The highest BCUT2D eigenvalue weighted by molar-refractivity contribution is 6.38. The lowest BCUT2D eigenvalue weighted by Crippen LogP contribution is -2.65. The Kier molecular flexibility index (Phi) is 8.66.